The van der Waals surface area contributed by atoms with Crippen molar-refractivity contribution in [2.24, 2.45) is 5.41 Å². The smallest absolute Gasteiger partial charge is 0.212 e. The van der Waals surface area contributed by atoms with Gasteiger partial charge in [-0.05, 0) is 11.8 Å². The Morgan fingerprint density at radius 3 is 2.07 bits per heavy atom. The van der Waals surface area contributed by atoms with E-state index in [1.807, 2.05) is 27.7 Å². The summed E-state index contributed by atoms with van der Waals surface area (Å²) in [5.74, 6) is 0.528. The molecule has 0 fully saturated rings. The molecule has 0 aliphatic heterocycles. The Morgan fingerprint density at radius 1 is 1.20 bits per heavy atom. The molecule has 0 aliphatic rings. The lowest BCUT2D eigenvalue weighted by atomic mass is 10.0. The zero-order valence-electron chi connectivity index (χ0n) is 10.1. The van der Waals surface area contributed by atoms with Crippen LogP contribution in [0.25, 0.3) is 0 Å². The van der Waals surface area contributed by atoms with Gasteiger partial charge in [0.15, 0.2) is 0 Å². The van der Waals surface area contributed by atoms with Crippen LogP contribution >= 0.6 is 11.6 Å². The molecule has 0 atom stereocenters. The van der Waals surface area contributed by atoms with E-state index in [0.717, 1.165) is 6.42 Å². The fourth-order valence-corrected chi connectivity index (χ4v) is 3.78. The first kappa shape index (κ1) is 15.2. The summed E-state index contributed by atoms with van der Waals surface area (Å²) in [5, 5.41) is 0. The molecule has 0 amide bonds. The van der Waals surface area contributed by atoms with Crippen molar-refractivity contribution in [2.75, 3.05) is 24.7 Å². The highest BCUT2D eigenvalue weighted by Crippen LogP contribution is 2.18. The van der Waals surface area contributed by atoms with Crippen molar-refractivity contribution >= 4 is 21.6 Å². The highest BCUT2D eigenvalue weighted by molar-refractivity contribution is 7.89. The lowest BCUT2D eigenvalue weighted by Gasteiger charge is -2.25. The Hall–Kier alpha value is 0.200. The molecule has 0 bridgehead atoms. The van der Waals surface area contributed by atoms with Gasteiger partial charge in [0.05, 0.1) is 5.75 Å². The maximum Gasteiger partial charge on any atom is 0.214 e. The molecule has 0 radical (unpaired) electrons. The molecule has 0 spiro atoms. The molecule has 0 N–H and O–H groups in total. The Labute approximate surface area is 98.8 Å². The van der Waals surface area contributed by atoms with Crippen molar-refractivity contribution in [3.63, 3.8) is 0 Å². The van der Waals surface area contributed by atoms with Gasteiger partial charge in [0.1, 0.15) is 0 Å². The number of nitrogens with zero attached hydrogens (tertiary/aromatic N) is 1. The van der Waals surface area contributed by atoms with Crippen LogP contribution in [0.4, 0.5) is 0 Å². The van der Waals surface area contributed by atoms with Crippen molar-refractivity contribution in [3.8, 4) is 0 Å². The van der Waals surface area contributed by atoms with Gasteiger partial charge in [-0.1, -0.05) is 27.7 Å². The molecule has 0 rings (SSSR count). The van der Waals surface area contributed by atoms with Crippen molar-refractivity contribution in [1.82, 2.24) is 4.31 Å². The average Bonchev–Trinajstić information content (AvgIpc) is 1.99. The molecule has 0 aromatic heterocycles. The highest BCUT2D eigenvalue weighted by Gasteiger charge is 2.26. The lowest BCUT2D eigenvalue weighted by Crippen LogP contribution is -2.38. The summed E-state index contributed by atoms with van der Waals surface area (Å²) in [7, 11) is -3.16. The summed E-state index contributed by atoms with van der Waals surface area (Å²) in [5.41, 5.74) is -0.211. The van der Waals surface area contributed by atoms with Gasteiger partial charge in [0.25, 0.3) is 0 Å². The monoisotopic (exact) mass is 255 g/mol. The van der Waals surface area contributed by atoms with Crippen LogP contribution < -0.4 is 0 Å². The van der Waals surface area contributed by atoms with E-state index in [2.05, 4.69) is 0 Å². The number of sulfonamides is 1. The highest BCUT2D eigenvalue weighted by atomic mass is 35.5. The van der Waals surface area contributed by atoms with E-state index in [-0.39, 0.29) is 11.2 Å². The molecule has 3 nitrogen and oxygen atoms in total. The fraction of sp³-hybridized carbons (Fsp3) is 1.00. The minimum atomic E-state index is -3.16. The summed E-state index contributed by atoms with van der Waals surface area (Å²) in [6.07, 6.45) is 0.820. The topological polar surface area (TPSA) is 37.4 Å². The summed E-state index contributed by atoms with van der Waals surface area (Å²) in [4.78, 5) is 0. The third-order valence-corrected chi connectivity index (χ3v) is 4.37. The summed E-state index contributed by atoms with van der Waals surface area (Å²) in [6.45, 7) is 8.72. The predicted molar refractivity (Wildman–Crippen MR) is 65.8 cm³/mol. The minimum Gasteiger partial charge on any atom is -0.212 e. The number of alkyl halides is 1. The van der Waals surface area contributed by atoms with E-state index >= 15 is 0 Å². The zero-order valence-corrected chi connectivity index (χ0v) is 11.7. The maximum atomic E-state index is 12.0. The molecular weight excluding hydrogens is 234 g/mol. The van der Waals surface area contributed by atoms with Gasteiger partial charge < -0.3 is 0 Å². The van der Waals surface area contributed by atoms with Crippen molar-refractivity contribution in [1.29, 1.82) is 0 Å². The second kappa shape index (κ2) is 6.06. The summed E-state index contributed by atoms with van der Waals surface area (Å²) in [6, 6.07) is 0. The molecule has 0 aromatic carbocycles. The number of halogens is 1. The molecular formula is C10H22ClNO2S. The van der Waals surface area contributed by atoms with Crippen LogP contribution in [0.2, 0.25) is 0 Å². The van der Waals surface area contributed by atoms with Gasteiger partial charge in [-0.2, -0.15) is 0 Å². The Balaban J connectivity index is 4.64. The van der Waals surface area contributed by atoms with E-state index < -0.39 is 10.0 Å². The van der Waals surface area contributed by atoms with E-state index in [1.165, 1.54) is 4.31 Å². The first-order valence-corrected chi connectivity index (χ1v) is 7.41. The summed E-state index contributed by atoms with van der Waals surface area (Å²) < 4.78 is 25.5. The first-order chi connectivity index (χ1) is 6.73. The van der Waals surface area contributed by atoms with Gasteiger partial charge in [-0.3, -0.25) is 0 Å². The average molecular weight is 256 g/mol. The Morgan fingerprint density at radius 2 is 1.73 bits per heavy atom. The van der Waals surface area contributed by atoms with E-state index in [9.17, 15) is 8.42 Å². The molecule has 0 saturated carbocycles. The minimum absolute atomic E-state index is 0.177. The number of hydrogen-bond donors (Lipinski definition) is 0. The second-order valence-corrected chi connectivity index (χ2v) is 7.25. The third-order valence-electron chi connectivity index (χ3n) is 1.82. The van der Waals surface area contributed by atoms with Gasteiger partial charge in [0.2, 0.25) is 10.0 Å². The van der Waals surface area contributed by atoms with Crippen LogP contribution in [-0.4, -0.2) is 37.4 Å². The number of rotatable bonds is 6. The molecule has 0 unspecified atom stereocenters. The van der Waals surface area contributed by atoms with E-state index in [0.29, 0.717) is 19.0 Å². The van der Waals surface area contributed by atoms with Crippen LogP contribution in [0.5, 0.6) is 0 Å². The van der Waals surface area contributed by atoms with Crippen molar-refractivity contribution < 1.29 is 8.42 Å². The lowest BCUT2D eigenvalue weighted by molar-refractivity contribution is 0.399. The largest absolute Gasteiger partial charge is 0.214 e. The molecule has 5 heteroatoms. The SMILES string of the molecule is CCCN(CCCl)S(=O)(=O)CC(C)(C)C. The molecule has 0 saturated heterocycles. The predicted octanol–water partition coefficient (Wildman–Crippen LogP) is 2.31. The zero-order chi connectivity index (χ0) is 12.1. The number of hydrogen-bond acceptors (Lipinski definition) is 2. The van der Waals surface area contributed by atoms with Crippen LogP contribution in [0.1, 0.15) is 34.1 Å². The van der Waals surface area contributed by atoms with Gasteiger partial charge in [0, 0.05) is 19.0 Å². The Bertz CT molecular complexity index is 264. The molecule has 0 heterocycles. The van der Waals surface area contributed by atoms with Crippen LogP contribution in [0.15, 0.2) is 0 Å². The van der Waals surface area contributed by atoms with Crippen molar-refractivity contribution in [2.45, 2.75) is 34.1 Å². The second-order valence-electron chi connectivity index (χ2n) is 4.90. The molecule has 92 valence electrons. The van der Waals surface area contributed by atoms with Gasteiger partial charge in [-0.25, -0.2) is 12.7 Å². The van der Waals surface area contributed by atoms with Crippen molar-refractivity contribution in [3.05, 3.63) is 0 Å². The van der Waals surface area contributed by atoms with E-state index in [4.69, 9.17) is 11.6 Å². The quantitative estimate of drug-likeness (QED) is 0.683. The molecule has 15 heavy (non-hydrogen) atoms. The third kappa shape index (κ3) is 6.38. The normalized spacial score (nSPS) is 13.5. The van der Waals surface area contributed by atoms with E-state index in [1.54, 1.807) is 0 Å². The van der Waals surface area contributed by atoms with Crippen LogP contribution in [0.3, 0.4) is 0 Å². The first-order valence-electron chi connectivity index (χ1n) is 5.26. The van der Waals surface area contributed by atoms with Gasteiger partial charge >= 0.3 is 0 Å². The standard InChI is InChI=1S/C10H22ClNO2S/c1-5-7-12(8-6-11)15(13,14)9-10(2,3)4/h5-9H2,1-4H3. The van der Waals surface area contributed by atoms with Crippen LogP contribution in [-0.2, 0) is 10.0 Å². The van der Waals surface area contributed by atoms with Crippen LogP contribution in [0, 0.1) is 5.41 Å². The Kier molecular flexibility index (Phi) is 6.14. The maximum absolute atomic E-state index is 12.0. The molecule has 0 aliphatic carbocycles. The fourth-order valence-electron chi connectivity index (χ4n) is 1.37. The molecule has 0 aromatic rings. The summed E-state index contributed by atoms with van der Waals surface area (Å²) >= 11 is 5.60. The van der Waals surface area contributed by atoms with Gasteiger partial charge in [-0.15, -0.1) is 11.6 Å².